The van der Waals surface area contributed by atoms with Gasteiger partial charge in [-0.1, -0.05) is 13.8 Å². The Balaban J connectivity index is 0. The molecule has 0 saturated heterocycles. The molecule has 0 aliphatic heterocycles. The Hall–Kier alpha value is 0.686. The molecule has 0 aliphatic carbocycles. The summed E-state index contributed by atoms with van der Waals surface area (Å²) in [6.07, 6.45) is 1.20. The van der Waals surface area contributed by atoms with Gasteiger partial charge in [0.2, 0.25) is 0 Å². The number of aliphatic hydroxyl groups is 2. The van der Waals surface area contributed by atoms with Gasteiger partial charge in [0.05, 0.1) is 12.7 Å². The first-order chi connectivity index (χ1) is 4.16. The van der Waals surface area contributed by atoms with Gasteiger partial charge in [-0.05, 0) is 18.8 Å². The van der Waals surface area contributed by atoms with Gasteiger partial charge in [-0.2, -0.15) is 0 Å². The summed E-state index contributed by atoms with van der Waals surface area (Å²) in [5, 5.41) is 17.3. The molecule has 60 valence electrons. The van der Waals surface area contributed by atoms with Crippen LogP contribution in [0.25, 0.3) is 0 Å². The minimum atomic E-state index is -0.507. The summed E-state index contributed by atoms with van der Waals surface area (Å²) < 4.78 is 0. The van der Waals surface area contributed by atoms with Crippen LogP contribution in [0.15, 0.2) is 0 Å². The zero-order chi connectivity index (χ0) is 7.28. The zero-order valence-corrected chi connectivity index (χ0v) is 6.17. The predicted octanol–water partition coefficient (Wildman–Crippen LogP) is -0.140. The van der Waals surface area contributed by atoms with Crippen LogP contribution in [-0.4, -0.2) is 46.0 Å². The van der Waals surface area contributed by atoms with Gasteiger partial charge in [-0.15, -0.1) is 0 Å². The Morgan fingerprint density at radius 3 is 2.00 bits per heavy atom. The molecule has 0 aromatic rings. The summed E-state index contributed by atoms with van der Waals surface area (Å²) >= 11 is 0. The summed E-state index contributed by atoms with van der Waals surface area (Å²) in [7, 11) is 0. The minimum absolute atomic E-state index is 0. The third-order valence-electron chi connectivity index (χ3n) is 1.29. The molecule has 0 heterocycles. The Morgan fingerprint density at radius 2 is 1.70 bits per heavy atom. The Kier molecular flexibility index (Phi) is 10.4. The van der Waals surface area contributed by atoms with Crippen molar-refractivity contribution in [3.63, 3.8) is 0 Å². The van der Waals surface area contributed by atoms with E-state index in [-0.39, 0.29) is 29.7 Å². The number of aliphatic hydroxyl groups excluding tert-OH is 2. The van der Waals surface area contributed by atoms with E-state index in [1.807, 2.05) is 0 Å². The highest BCUT2D eigenvalue weighted by Crippen LogP contribution is 2.05. The second kappa shape index (κ2) is 7.79. The first kappa shape index (κ1) is 13.3. The molecule has 1 unspecified atom stereocenters. The maximum Gasteiger partial charge on any atom is 0.316 e. The first-order valence-electron chi connectivity index (χ1n) is 3.45. The highest BCUT2D eigenvalue weighted by atomic mass is 24.3. The molecule has 0 rings (SSSR count). The molecule has 0 radical (unpaired) electrons. The topological polar surface area (TPSA) is 40.5 Å². The molecule has 0 bridgehead atoms. The van der Waals surface area contributed by atoms with E-state index in [0.717, 1.165) is 6.42 Å². The summed E-state index contributed by atoms with van der Waals surface area (Å²) in [4.78, 5) is 0. The summed E-state index contributed by atoms with van der Waals surface area (Å²) in [5.41, 5.74) is 0. The second-order valence-corrected chi connectivity index (χ2v) is 2.81. The molecule has 0 amide bonds. The first-order valence-corrected chi connectivity index (χ1v) is 3.45. The Morgan fingerprint density at radius 1 is 1.20 bits per heavy atom. The van der Waals surface area contributed by atoms with Crippen molar-refractivity contribution in [1.29, 1.82) is 0 Å². The fourth-order valence-electron chi connectivity index (χ4n) is 0.617. The lowest BCUT2D eigenvalue weighted by molar-refractivity contribution is 0.0837. The van der Waals surface area contributed by atoms with E-state index in [4.69, 9.17) is 10.2 Å². The van der Waals surface area contributed by atoms with Crippen LogP contribution in [0, 0.1) is 5.92 Å². The van der Waals surface area contributed by atoms with Crippen molar-refractivity contribution in [3.05, 3.63) is 0 Å². The van der Waals surface area contributed by atoms with E-state index in [0.29, 0.717) is 12.3 Å². The summed E-state index contributed by atoms with van der Waals surface area (Å²) in [5.74, 6) is 0.617. The largest absolute Gasteiger partial charge is 0.394 e. The van der Waals surface area contributed by atoms with Crippen molar-refractivity contribution in [3.8, 4) is 0 Å². The van der Waals surface area contributed by atoms with Crippen LogP contribution in [0.5, 0.6) is 0 Å². The van der Waals surface area contributed by atoms with Crippen LogP contribution in [0.1, 0.15) is 26.7 Å². The fraction of sp³-hybridized carbons (Fsp3) is 1.00. The van der Waals surface area contributed by atoms with Crippen LogP contribution in [0.2, 0.25) is 0 Å². The molecular formula is C7H18MgO2. The van der Waals surface area contributed by atoms with Crippen molar-refractivity contribution in [2.75, 3.05) is 6.61 Å². The summed E-state index contributed by atoms with van der Waals surface area (Å²) in [6.45, 7) is 4.10. The van der Waals surface area contributed by atoms with Crippen molar-refractivity contribution >= 4 is 23.1 Å². The quantitative estimate of drug-likeness (QED) is 0.559. The van der Waals surface area contributed by atoms with E-state index in [2.05, 4.69) is 13.8 Å². The van der Waals surface area contributed by atoms with E-state index < -0.39 is 6.10 Å². The van der Waals surface area contributed by atoms with Gasteiger partial charge in [-0.3, -0.25) is 0 Å². The van der Waals surface area contributed by atoms with Gasteiger partial charge in [0.1, 0.15) is 0 Å². The average molecular weight is 159 g/mol. The predicted molar refractivity (Wildman–Crippen MR) is 45.7 cm³/mol. The van der Waals surface area contributed by atoms with E-state index >= 15 is 0 Å². The van der Waals surface area contributed by atoms with Crippen LogP contribution in [0.3, 0.4) is 0 Å². The Bertz CT molecular complexity index is 66.6. The van der Waals surface area contributed by atoms with Gasteiger partial charge in [0.15, 0.2) is 0 Å². The van der Waals surface area contributed by atoms with Crippen molar-refractivity contribution in [2.45, 2.75) is 32.8 Å². The van der Waals surface area contributed by atoms with Crippen LogP contribution in [0.4, 0.5) is 0 Å². The number of hydrogen-bond donors (Lipinski definition) is 2. The standard InChI is InChI=1S/C7H16O2.Mg.2H/c1-6(2)3-4-7(9)5-8;;;/h6-9H,3-5H2,1-2H3;;;. The zero-order valence-electron chi connectivity index (χ0n) is 6.17. The molecule has 3 heteroatoms. The number of rotatable bonds is 4. The van der Waals surface area contributed by atoms with E-state index in [9.17, 15) is 0 Å². The molecule has 10 heavy (non-hydrogen) atoms. The van der Waals surface area contributed by atoms with E-state index in [1.165, 1.54) is 0 Å². The van der Waals surface area contributed by atoms with Gasteiger partial charge >= 0.3 is 23.1 Å². The van der Waals surface area contributed by atoms with Gasteiger partial charge in [-0.25, -0.2) is 0 Å². The lowest BCUT2D eigenvalue weighted by Crippen LogP contribution is -2.12. The molecule has 0 aromatic heterocycles. The van der Waals surface area contributed by atoms with E-state index in [1.54, 1.807) is 0 Å². The van der Waals surface area contributed by atoms with Gasteiger partial charge < -0.3 is 10.2 Å². The molecule has 0 spiro atoms. The van der Waals surface area contributed by atoms with Crippen molar-refractivity contribution in [1.82, 2.24) is 0 Å². The summed E-state index contributed by atoms with van der Waals surface area (Å²) in [6, 6.07) is 0. The number of hydrogen-bond acceptors (Lipinski definition) is 2. The molecule has 2 N–H and O–H groups in total. The SMILES string of the molecule is CC(C)CCC(O)CO.[MgH2]. The van der Waals surface area contributed by atoms with Crippen LogP contribution in [-0.2, 0) is 0 Å². The fourth-order valence-corrected chi connectivity index (χ4v) is 0.617. The molecule has 0 saturated carbocycles. The minimum Gasteiger partial charge on any atom is -0.394 e. The molecule has 2 nitrogen and oxygen atoms in total. The molecule has 0 aromatic carbocycles. The Labute approximate surface area is 78.8 Å². The van der Waals surface area contributed by atoms with Crippen molar-refractivity contribution in [2.24, 2.45) is 5.92 Å². The monoisotopic (exact) mass is 158 g/mol. The normalized spacial score (nSPS) is 12.9. The molecular weight excluding hydrogens is 140 g/mol. The van der Waals surface area contributed by atoms with Crippen LogP contribution < -0.4 is 0 Å². The lowest BCUT2D eigenvalue weighted by atomic mass is 10.1. The van der Waals surface area contributed by atoms with Gasteiger partial charge in [0.25, 0.3) is 0 Å². The second-order valence-electron chi connectivity index (χ2n) is 2.81. The molecule has 1 atom stereocenters. The smallest absolute Gasteiger partial charge is 0.316 e. The van der Waals surface area contributed by atoms with Crippen LogP contribution >= 0.6 is 0 Å². The maximum absolute atomic E-state index is 8.86. The maximum atomic E-state index is 8.86. The highest BCUT2D eigenvalue weighted by Gasteiger charge is 2.02. The lowest BCUT2D eigenvalue weighted by Gasteiger charge is -2.07. The molecule has 0 aliphatic rings. The molecule has 0 fully saturated rings. The van der Waals surface area contributed by atoms with Gasteiger partial charge in [0, 0.05) is 0 Å². The highest BCUT2D eigenvalue weighted by molar-refractivity contribution is 5.75. The third kappa shape index (κ3) is 8.69. The van der Waals surface area contributed by atoms with Crippen molar-refractivity contribution < 1.29 is 10.2 Å². The average Bonchev–Trinajstić information content (AvgIpc) is 1.83. The third-order valence-corrected chi connectivity index (χ3v) is 1.29.